The van der Waals surface area contributed by atoms with Crippen molar-refractivity contribution >= 4 is 0 Å². The topological polar surface area (TPSA) is 57.2 Å². The number of aliphatic hydroxyl groups excluding tert-OH is 1. The minimum Gasteiger partial charge on any atom is -0.390 e. The van der Waals surface area contributed by atoms with Gasteiger partial charge in [0, 0.05) is 13.5 Å². The molecule has 0 radical (unpaired) electrons. The zero-order valence-corrected chi connectivity index (χ0v) is 9.10. The Balaban J connectivity index is 1.88. The summed E-state index contributed by atoms with van der Waals surface area (Å²) in [6, 6.07) is 0. The van der Waals surface area contributed by atoms with Crippen LogP contribution in [-0.4, -0.2) is 48.2 Å². The highest BCUT2D eigenvalue weighted by Gasteiger charge is 2.73. The Bertz CT molecular complexity index is 292. The summed E-state index contributed by atoms with van der Waals surface area (Å²) in [7, 11) is 1.57. The number of hydrogen-bond donors (Lipinski definition) is 1. The second-order valence-electron chi connectivity index (χ2n) is 4.92. The van der Waals surface area contributed by atoms with E-state index in [1.54, 1.807) is 7.11 Å². The molecule has 0 aromatic heterocycles. The molecule has 1 unspecified atom stereocenters. The first-order chi connectivity index (χ1) is 6.98. The Kier molecular flexibility index (Phi) is 1.81. The highest BCUT2D eigenvalue weighted by atomic mass is 16.8. The van der Waals surface area contributed by atoms with Crippen LogP contribution in [0.15, 0.2) is 0 Å². The van der Waals surface area contributed by atoms with Gasteiger partial charge in [-0.2, -0.15) is 0 Å². The maximum Gasteiger partial charge on any atom is 0.187 e. The van der Waals surface area contributed by atoms with E-state index in [0.29, 0.717) is 6.42 Å². The lowest BCUT2D eigenvalue weighted by molar-refractivity contribution is -0.236. The van der Waals surface area contributed by atoms with Gasteiger partial charge in [-0.1, -0.05) is 0 Å². The van der Waals surface area contributed by atoms with Gasteiger partial charge in [0.25, 0.3) is 0 Å². The quantitative estimate of drug-likeness (QED) is 0.669. The van der Waals surface area contributed by atoms with Crippen LogP contribution in [0.25, 0.3) is 0 Å². The van der Waals surface area contributed by atoms with E-state index in [4.69, 9.17) is 18.9 Å². The fourth-order valence-corrected chi connectivity index (χ4v) is 2.57. The molecule has 1 N–H and O–H groups in total. The lowest BCUT2D eigenvalue weighted by Gasteiger charge is -2.23. The van der Waals surface area contributed by atoms with E-state index in [1.807, 2.05) is 13.8 Å². The van der Waals surface area contributed by atoms with Gasteiger partial charge in [0.1, 0.15) is 17.8 Å². The number of fused-ring (bicyclic) bond motifs is 2. The fraction of sp³-hybridized carbons (Fsp3) is 1.00. The van der Waals surface area contributed by atoms with E-state index >= 15 is 0 Å². The minimum atomic E-state index is -0.620. The van der Waals surface area contributed by atoms with Gasteiger partial charge < -0.3 is 24.1 Å². The molecule has 1 spiro atoms. The molecular weight excluding hydrogens is 200 g/mol. The molecule has 3 aliphatic rings. The molecule has 3 rings (SSSR count). The third-order valence-corrected chi connectivity index (χ3v) is 3.36. The number of aliphatic hydroxyl groups is 1. The van der Waals surface area contributed by atoms with Crippen molar-refractivity contribution in [1.29, 1.82) is 0 Å². The molecule has 5 atom stereocenters. The Morgan fingerprint density at radius 1 is 1.27 bits per heavy atom. The molecular formula is C10H16O5. The Morgan fingerprint density at radius 2 is 1.93 bits per heavy atom. The fourth-order valence-electron chi connectivity index (χ4n) is 2.57. The lowest BCUT2D eigenvalue weighted by atomic mass is 10.1. The van der Waals surface area contributed by atoms with Crippen LogP contribution < -0.4 is 0 Å². The number of rotatable bonds is 1. The van der Waals surface area contributed by atoms with Gasteiger partial charge in [0.2, 0.25) is 0 Å². The molecule has 2 saturated heterocycles. The zero-order chi connectivity index (χ0) is 10.8. The average molecular weight is 216 g/mol. The van der Waals surface area contributed by atoms with E-state index < -0.39 is 23.8 Å². The predicted molar refractivity (Wildman–Crippen MR) is 49.1 cm³/mol. The van der Waals surface area contributed by atoms with Gasteiger partial charge in [0.15, 0.2) is 12.1 Å². The Morgan fingerprint density at radius 3 is 2.47 bits per heavy atom. The number of ether oxygens (including phenoxy) is 4. The minimum absolute atomic E-state index is 0.215. The van der Waals surface area contributed by atoms with Crippen molar-refractivity contribution in [3.63, 3.8) is 0 Å². The molecule has 15 heavy (non-hydrogen) atoms. The van der Waals surface area contributed by atoms with Crippen molar-refractivity contribution in [3.05, 3.63) is 0 Å². The summed E-state index contributed by atoms with van der Waals surface area (Å²) in [5.74, 6) is -0.620. The predicted octanol–water partition coefficient (Wildman–Crippen LogP) is 0.0126. The van der Waals surface area contributed by atoms with Gasteiger partial charge >= 0.3 is 0 Å². The normalized spacial score (nSPS) is 56.0. The van der Waals surface area contributed by atoms with Crippen molar-refractivity contribution in [2.75, 3.05) is 7.11 Å². The monoisotopic (exact) mass is 216 g/mol. The van der Waals surface area contributed by atoms with Crippen LogP contribution in [0.5, 0.6) is 0 Å². The first-order valence-electron chi connectivity index (χ1n) is 5.23. The average Bonchev–Trinajstić information content (AvgIpc) is 2.53. The molecule has 86 valence electrons. The molecule has 1 aliphatic carbocycles. The van der Waals surface area contributed by atoms with Crippen LogP contribution in [0.4, 0.5) is 0 Å². The van der Waals surface area contributed by atoms with Crippen molar-refractivity contribution in [2.45, 2.75) is 56.3 Å². The van der Waals surface area contributed by atoms with Crippen molar-refractivity contribution in [1.82, 2.24) is 0 Å². The van der Waals surface area contributed by atoms with Crippen molar-refractivity contribution in [3.8, 4) is 0 Å². The second kappa shape index (κ2) is 2.73. The molecule has 5 heteroatoms. The van der Waals surface area contributed by atoms with Gasteiger partial charge in [-0.05, 0) is 13.8 Å². The van der Waals surface area contributed by atoms with E-state index in [-0.39, 0.29) is 12.2 Å². The molecule has 0 aromatic carbocycles. The molecule has 2 heterocycles. The van der Waals surface area contributed by atoms with Crippen LogP contribution in [0.2, 0.25) is 0 Å². The molecule has 0 aromatic rings. The summed E-state index contributed by atoms with van der Waals surface area (Å²) in [4.78, 5) is 0. The highest BCUT2D eigenvalue weighted by Crippen LogP contribution is 2.56. The molecule has 1 saturated carbocycles. The molecule has 5 nitrogen and oxygen atoms in total. The van der Waals surface area contributed by atoms with E-state index in [2.05, 4.69) is 0 Å². The van der Waals surface area contributed by atoms with Crippen molar-refractivity contribution < 1.29 is 24.1 Å². The van der Waals surface area contributed by atoms with Gasteiger partial charge in [0.05, 0.1) is 6.10 Å². The van der Waals surface area contributed by atoms with Crippen LogP contribution in [0, 0.1) is 0 Å². The van der Waals surface area contributed by atoms with Gasteiger partial charge in [-0.25, -0.2) is 0 Å². The zero-order valence-electron chi connectivity index (χ0n) is 9.10. The third kappa shape index (κ3) is 1.21. The Labute approximate surface area is 88.3 Å². The summed E-state index contributed by atoms with van der Waals surface area (Å²) in [6.45, 7) is 3.72. The van der Waals surface area contributed by atoms with Crippen molar-refractivity contribution in [2.24, 2.45) is 0 Å². The number of methoxy groups -OCH3 is 1. The standard InChI is InChI=1S/C10H16O5/c1-9(2)13-6-7(14-9)10(4-5(10)11)15-8(6)12-3/h5-8,11H,4H2,1-3H3/t5-,6?,7-,8-,10-/m1/s1. The second-order valence-corrected chi connectivity index (χ2v) is 4.92. The molecule has 0 amide bonds. The molecule has 2 aliphatic heterocycles. The third-order valence-electron chi connectivity index (χ3n) is 3.36. The van der Waals surface area contributed by atoms with E-state index in [9.17, 15) is 5.11 Å². The lowest BCUT2D eigenvalue weighted by Crippen LogP contribution is -2.34. The van der Waals surface area contributed by atoms with Gasteiger partial charge in [-0.3, -0.25) is 0 Å². The summed E-state index contributed by atoms with van der Waals surface area (Å²) < 4.78 is 22.3. The summed E-state index contributed by atoms with van der Waals surface area (Å²) in [5.41, 5.74) is -0.584. The summed E-state index contributed by atoms with van der Waals surface area (Å²) >= 11 is 0. The molecule has 0 bridgehead atoms. The maximum atomic E-state index is 9.63. The first kappa shape index (κ1) is 9.99. The SMILES string of the molecule is CO[C@@H]1O[C@@]2(C[C@H]2O)[C@@H]2OC(C)(C)OC12. The van der Waals surface area contributed by atoms with Gasteiger partial charge in [-0.15, -0.1) is 0 Å². The van der Waals surface area contributed by atoms with Crippen LogP contribution >= 0.6 is 0 Å². The smallest absolute Gasteiger partial charge is 0.187 e. The van der Waals surface area contributed by atoms with Crippen LogP contribution in [0.1, 0.15) is 20.3 Å². The van der Waals surface area contributed by atoms with E-state index in [0.717, 1.165) is 0 Å². The van der Waals surface area contributed by atoms with Crippen LogP contribution in [-0.2, 0) is 18.9 Å². The number of hydrogen-bond acceptors (Lipinski definition) is 5. The van der Waals surface area contributed by atoms with E-state index in [1.165, 1.54) is 0 Å². The summed E-state index contributed by atoms with van der Waals surface area (Å²) in [5, 5.41) is 9.63. The molecule has 3 fully saturated rings. The maximum absolute atomic E-state index is 9.63. The van der Waals surface area contributed by atoms with Crippen LogP contribution in [0.3, 0.4) is 0 Å². The first-order valence-corrected chi connectivity index (χ1v) is 5.23. The summed E-state index contributed by atoms with van der Waals surface area (Å²) in [6.07, 6.45) is -0.737. The highest BCUT2D eigenvalue weighted by molar-refractivity contribution is 5.19. The largest absolute Gasteiger partial charge is 0.390 e. The Hall–Kier alpha value is -0.200.